The van der Waals surface area contributed by atoms with Gasteiger partial charge in [-0.3, -0.25) is 0 Å². The van der Waals surface area contributed by atoms with Crippen molar-refractivity contribution < 1.29 is 40.6 Å². The van der Waals surface area contributed by atoms with E-state index in [9.17, 15) is 26.3 Å². The Morgan fingerprint density at radius 2 is 0.839 bits per heavy atom. The SMILES string of the molecule is CC(C)(COCC(C)(C)c1ccc(OC(F)(F)F)cc1)c1ccc(OC(F)(F)F)cc1. The molecule has 0 atom stereocenters. The average molecular weight is 450 g/mol. The van der Waals surface area contributed by atoms with Crippen molar-refractivity contribution in [2.45, 2.75) is 51.2 Å². The monoisotopic (exact) mass is 450 g/mol. The molecule has 0 saturated carbocycles. The molecular weight excluding hydrogens is 426 g/mol. The predicted molar refractivity (Wildman–Crippen MR) is 103 cm³/mol. The lowest BCUT2D eigenvalue weighted by Crippen LogP contribution is -2.30. The van der Waals surface area contributed by atoms with E-state index in [0.29, 0.717) is 0 Å². The maximum Gasteiger partial charge on any atom is 0.573 e. The van der Waals surface area contributed by atoms with E-state index in [4.69, 9.17) is 4.74 Å². The molecule has 0 radical (unpaired) electrons. The quantitative estimate of drug-likeness (QED) is 0.416. The zero-order chi connectivity index (χ0) is 23.5. The van der Waals surface area contributed by atoms with Crippen molar-refractivity contribution in [1.29, 1.82) is 0 Å². The molecule has 0 amide bonds. The van der Waals surface area contributed by atoms with Crippen molar-refractivity contribution in [3.8, 4) is 11.5 Å². The Morgan fingerprint density at radius 3 is 1.10 bits per heavy atom. The number of hydrogen-bond acceptors (Lipinski definition) is 3. The zero-order valence-electron chi connectivity index (χ0n) is 17.5. The Morgan fingerprint density at radius 1 is 0.548 bits per heavy atom. The topological polar surface area (TPSA) is 27.7 Å². The first kappa shape index (κ1) is 24.8. The number of ether oxygens (including phenoxy) is 3. The van der Waals surface area contributed by atoms with E-state index in [1.807, 2.05) is 27.7 Å². The molecule has 0 N–H and O–H groups in total. The van der Waals surface area contributed by atoms with Gasteiger partial charge in [0.2, 0.25) is 0 Å². The van der Waals surface area contributed by atoms with E-state index >= 15 is 0 Å². The molecule has 0 fully saturated rings. The third-order valence-corrected chi connectivity index (χ3v) is 4.66. The van der Waals surface area contributed by atoms with E-state index in [1.54, 1.807) is 24.3 Å². The van der Waals surface area contributed by atoms with E-state index in [1.165, 1.54) is 24.3 Å². The van der Waals surface area contributed by atoms with Gasteiger partial charge >= 0.3 is 12.7 Å². The summed E-state index contributed by atoms with van der Waals surface area (Å²) < 4.78 is 87.4. The molecule has 0 saturated heterocycles. The van der Waals surface area contributed by atoms with Crippen molar-refractivity contribution in [2.75, 3.05) is 13.2 Å². The molecule has 0 aliphatic carbocycles. The van der Waals surface area contributed by atoms with Crippen LogP contribution in [-0.2, 0) is 15.6 Å². The van der Waals surface area contributed by atoms with Gasteiger partial charge in [0.25, 0.3) is 0 Å². The molecule has 0 aliphatic heterocycles. The fraction of sp³-hybridized carbons (Fsp3) is 0.455. The number of hydrogen-bond donors (Lipinski definition) is 0. The van der Waals surface area contributed by atoms with Crippen molar-refractivity contribution in [2.24, 2.45) is 0 Å². The highest BCUT2D eigenvalue weighted by Crippen LogP contribution is 2.31. The van der Waals surface area contributed by atoms with Gasteiger partial charge in [-0.05, 0) is 35.4 Å². The Kier molecular flexibility index (Phi) is 7.20. The molecule has 172 valence electrons. The number of halogens is 6. The molecule has 2 aromatic carbocycles. The smallest absolute Gasteiger partial charge is 0.406 e. The maximum absolute atomic E-state index is 12.3. The zero-order valence-corrected chi connectivity index (χ0v) is 17.5. The first-order valence-corrected chi connectivity index (χ1v) is 9.38. The van der Waals surface area contributed by atoms with Gasteiger partial charge in [-0.25, -0.2) is 0 Å². The summed E-state index contributed by atoms with van der Waals surface area (Å²) in [4.78, 5) is 0. The van der Waals surface area contributed by atoms with Crippen LogP contribution in [0.3, 0.4) is 0 Å². The van der Waals surface area contributed by atoms with Crippen LogP contribution in [0.25, 0.3) is 0 Å². The summed E-state index contributed by atoms with van der Waals surface area (Å²) in [6.07, 6.45) is -9.49. The van der Waals surface area contributed by atoms with Crippen molar-refractivity contribution in [3.63, 3.8) is 0 Å². The normalized spacial score (nSPS) is 13.2. The third kappa shape index (κ3) is 7.97. The minimum absolute atomic E-state index is 0.283. The highest BCUT2D eigenvalue weighted by atomic mass is 19.4. The van der Waals surface area contributed by atoms with Crippen LogP contribution in [0.2, 0.25) is 0 Å². The van der Waals surface area contributed by atoms with Crippen LogP contribution in [0.4, 0.5) is 26.3 Å². The van der Waals surface area contributed by atoms with Crippen molar-refractivity contribution >= 4 is 0 Å². The van der Waals surface area contributed by atoms with Gasteiger partial charge in [0.15, 0.2) is 0 Å². The summed E-state index contributed by atoms with van der Waals surface area (Å²) in [5.74, 6) is -0.598. The van der Waals surface area contributed by atoms with Crippen molar-refractivity contribution in [1.82, 2.24) is 0 Å². The van der Waals surface area contributed by atoms with E-state index in [-0.39, 0.29) is 24.7 Å². The highest BCUT2D eigenvalue weighted by Gasteiger charge is 2.32. The maximum atomic E-state index is 12.3. The van der Waals surface area contributed by atoms with Gasteiger partial charge in [0.1, 0.15) is 11.5 Å². The number of benzene rings is 2. The van der Waals surface area contributed by atoms with Gasteiger partial charge in [-0.2, -0.15) is 0 Å². The first-order valence-electron chi connectivity index (χ1n) is 9.38. The predicted octanol–water partition coefficient (Wildman–Crippen LogP) is 6.76. The standard InChI is InChI=1S/C22H24F6O3/c1-19(2,15-5-9-17(10-6-15)30-21(23,24)25)13-29-14-20(3,4)16-7-11-18(12-8-16)31-22(26,27)28/h5-12H,13-14H2,1-4H3. The van der Waals surface area contributed by atoms with Gasteiger partial charge in [0.05, 0.1) is 13.2 Å². The molecule has 0 bridgehead atoms. The Bertz CT molecular complexity index is 766. The lowest BCUT2D eigenvalue weighted by atomic mass is 9.84. The second-order valence-electron chi connectivity index (χ2n) is 8.40. The summed E-state index contributed by atoms with van der Waals surface area (Å²) in [6.45, 7) is 8.13. The third-order valence-electron chi connectivity index (χ3n) is 4.66. The van der Waals surface area contributed by atoms with Gasteiger partial charge in [-0.15, -0.1) is 26.3 Å². The lowest BCUT2D eigenvalue weighted by molar-refractivity contribution is -0.275. The van der Waals surface area contributed by atoms with E-state index < -0.39 is 23.6 Å². The molecule has 0 aliphatic rings. The molecule has 31 heavy (non-hydrogen) atoms. The van der Waals surface area contributed by atoms with Crippen molar-refractivity contribution in [3.05, 3.63) is 59.7 Å². The average Bonchev–Trinajstić information content (AvgIpc) is 2.59. The van der Waals surface area contributed by atoms with Gasteiger partial charge < -0.3 is 14.2 Å². The Labute approximate surface area is 176 Å². The molecule has 0 spiro atoms. The Balaban J connectivity index is 1.95. The van der Waals surface area contributed by atoms with Crippen LogP contribution in [0.1, 0.15) is 38.8 Å². The second kappa shape index (κ2) is 8.98. The fourth-order valence-electron chi connectivity index (χ4n) is 2.94. The highest BCUT2D eigenvalue weighted by molar-refractivity contribution is 5.33. The van der Waals surface area contributed by atoms with Crippen LogP contribution in [0.5, 0.6) is 11.5 Å². The summed E-state index contributed by atoms with van der Waals surface area (Å²) in [5.41, 5.74) is 0.566. The van der Waals surface area contributed by atoms with Crippen LogP contribution in [0.15, 0.2) is 48.5 Å². The van der Waals surface area contributed by atoms with Gasteiger partial charge in [-0.1, -0.05) is 52.0 Å². The summed E-state index contributed by atoms with van der Waals surface area (Å²) in [6, 6.07) is 11.2. The molecular formula is C22H24F6O3. The van der Waals surface area contributed by atoms with E-state index in [0.717, 1.165) is 11.1 Å². The largest absolute Gasteiger partial charge is 0.573 e. The molecule has 0 heterocycles. The van der Waals surface area contributed by atoms with Crippen LogP contribution in [-0.4, -0.2) is 25.9 Å². The fourth-order valence-corrected chi connectivity index (χ4v) is 2.94. The van der Waals surface area contributed by atoms with Crippen LogP contribution < -0.4 is 9.47 Å². The van der Waals surface area contributed by atoms with Crippen LogP contribution in [0, 0.1) is 0 Å². The number of rotatable bonds is 8. The number of alkyl halides is 6. The summed E-state index contributed by atoms with van der Waals surface area (Å²) in [7, 11) is 0. The molecule has 0 aromatic heterocycles. The molecule has 0 unspecified atom stereocenters. The molecule has 3 nitrogen and oxygen atoms in total. The lowest BCUT2D eigenvalue weighted by Gasteiger charge is -2.30. The first-order chi connectivity index (χ1) is 14.1. The summed E-state index contributed by atoms with van der Waals surface area (Å²) >= 11 is 0. The minimum Gasteiger partial charge on any atom is -0.406 e. The molecule has 2 rings (SSSR count). The van der Waals surface area contributed by atoms with Gasteiger partial charge in [0, 0.05) is 10.8 Å². The van der Waals surface area contributed by atoms with E-state index in [2.05, 4.69) is 9.47 Å². The Hall–Kier alpha value is -2.42. The minimum atomic E-state index is -4.75. The molecule has 2 aromatic rings. The molecule has 9 heteroatoms. The van der Waals surface area contributed by atoms with Crippen LogP contribution >= 0.6 is 0 Å². The second-order valence-corrected chi connectivity index (χ2v) is 8.40. The summed E-state index contributed by atoms with van der Waals surface area (Å²) in [5, 5.41) is 0.